The Bertz CT molecular complexity index is 499. The van der Waals surface area contributed by atoms with Crippen molar-refractivity contribution in [3.8, 4) is 5.75 Å². The van der Waals surface area contributed by atoms with Crippen LogP contribution >= 0.6 is 0 Å². The van der Waals surface area contributed by atoms with Gasteiger partial charge in [-0.05, 0) is 37.7 Å². The molecule has 1 aromatic rings. The highest BCUT2D eigenvalue weighted by molar-refractivity contribution is 5.92. The Hall–Kier alpha value is -1.51. The van der Waals surface area contributed by atoms with Crippen molar-refractivity contribution < 1.29 is 9.53 Å². The number of para-hydroxylation sites is 1. The molecule has 0 spiro atoms. The third-order valence-corrected chi connectivity index (χ3v) is 4.85. The second-order valence-corrected chi connectivity index (χ2v) is 6.26. The van der Waals surface area contributed by atoms with E-state index in [-0.39, 0.29) is 5.41 Å². The van der Waals surface area contributed by atoms with Gasteiger partial charge in [-0.3, -0.25) is 4.79 Å². The van der Waals surface area contributed by atoms with Crippen molar-refractivity contribution in [3.05, 3.63) is 29.8 Å². The predicted octanol–water partition coefficient (Wildman–Crippen LogP) is 2.99. The highest BCUT2D eigenvalue weighted by Gasteiger charge is 2.54. The van der Waals surface area contributed by atoms with E-state index in [1.807, 2.05) is 18.2 Å². The van der Waals surface area contributed by atoms with Crippen LogP contribution in [0.5, 0.6) is 5.75 Å². The van der Waals surface area contributed by atoms with Crippen LogP contribution in [0.25, 0.3) is 0 Å². The van der Waals surface area contributed by atoms with E-state index in [4.69, 9.17) is 4.74 Å². The Kier molecular flexibility index (Phi) is 3.45. The third kappa shape index (κ3) is 2.19. The number of nitrogens with zero attached hydrogens (tertiary/aromatic N) is 1. The Labute approximate surface area is 120 Å². The summed E-state index contributed by atoms with van der Waals surface area (Å²) in [5, 5.41) is 0. The molecule has 1 heterocycles. The molecule has 1 amide bonds. The Balaban J connectivity index is 1.83. The number of rotatable bonds is 3. The minimum atomic E-state index is -0.298. The zero-order valence-electron chi connectivity index (χ0n) is 12.4. The lowest BCUT2D eigenvalue weighted by molar-refractivity contribution is -0.135. The highest BCUT2D eigenvalue weighted by atomic mass is 16.5. The minimum Gasteiger partial charge on any atom is -0.496 e. The molecule has 3 rings (SSSR count). The van der Waals surface area contributed by atoms with Crippen LogP contribution in [-0.4, -0.2) is 31.0 Å². The number of benzene rings is 1. The van der Waals surface area contributed by atoms with Crippen molar-refractivity contribution in [1.29, 1.82) is 0 Å². The van der Waals surface area contributed by atoms with E-state index < -0.39 is 0 Å². The smallest absolute Gasteiger partial charge is 0.233 e. The van der Waals surface area contributed by atoms with Gasteiger partial charge in [0.1, 0.15) is 5.75 Å². The van der Waals surface area contributed by atoms with Gasteiger partial charge in [0.05, 0.1) is 12.5 Å². The Morgan fingerprint density at radius 2 is 1.90 bits per heavy atom. The zero-order chi connectivity index (χ0) is 14.2. The lowest BCUT2D eigenvalue weighted by atomic mass is 9.91. The van der Waals surface area contributed by atoms with E-state index in [0.717, 1.165) is 56.0 Å². The number of ether oxygens (including phenoxy) is 1. The van der Waals surface area contributed by atoms with E-state index in [2.05, 4.69) is 17.9 Å². The third-order valence-electron chi connectivity index (χ3n) is 4.85. The molecule has 20 heavy (non-hydrogen) atoms. The van der Waals surface area contributed by atoms with E-state index in [1.54, 1.807) is 7.11 Å². The molecule has 0 aromatic heterocycles. The molecule has 0 radical (unpaired) electrons. The topological polar surface area (TPSA) is 29.5 Å². The molecule has 1 aliphatic heterocycles. The van der Waals surface area contributed by atoms with E-state index in [1.165, 1.54) is 0 Å². The number of carbonyl (C=O) groups excluding carboxylic acids is 1. The first kappa shape index (κ1) is 13.5. The van der Waals surface area contributed by atoms with Crippen LogP contribution in [0.15, 0.2) is 24.3 Å². The number of methoxy groups -OCH3 is 1. The van der Waals surface area contributed by atoms with Gasteiger partial charge in [-0.15, -0.1) is 0 Å². The molecule has 1 saturated heterocycles. The average Bonchev–Trinajstić information content (AvgIpc) is 3.29. The van der Waals surface area contributed by atoms with Crippen LogP contribution in [0.3, 0.4) is 0 Å². The maximum atomic E-state index is 12.9. The highest BCUT2D eigenvalue weighted by Crippen LogP contribution is 2.52. The molecule has 0 atom stereocenters. The fraction of sp³-hybridized carbons (Fsp3) is 0.588. The second kappa shape index (κ2) is 5.12. The summed E-state index contributed by atoms with van der Waals surface area (Å²) in [6.07, 6.45) is 4.18. The summed E-state index contributed by atoms with van der Waals surface area (Å²) in [7, 11) is 1.68. The van der Waals surface area contributed by atoms with Crippen molar-refractivity contribution >= 4 is 5.91 Å². The summed E-state index contributed by atoms with van der Waals surface area (Å²) in [4.78, 5) is 15.0. The second-order valence-electron chi connectivity index (χ2n) is 6.26. The molecule has 3 nitrogen and oxygen atoms in total. The van der Waals surface area contributed by atoms with Crippen LogP contribution in [0.4, 0.5) is 0 Å². The first-order valence-electron chi connectivity index (χ1n) is 7.60. The molecular weight excluding hydrogens is 250 g/mol. The number of carbonyl (C=O) groups is 1. The van der Waals surface area contributed by atoms with Gasteiger partial charge in [0.15, 0.2) is 0 Å². The van der Waals surface area contributed by atoms with Crippen LogP contribution in [0, 0.1) is 5.92 Å². The maximum absolute atomic E-state index is 12.9. The van der Waals surface area contributed by atoms with E-state index in [9.17, 15) is 4.79 Å². The van der Waals surface area contributed by atoms with Gasteiger partial charge in [-0.2, -0.15) is 0 Å². The van der Waals surface area contributed by atoms with Crippen LogP contribution in [0.1, 0.15) is 38.2 Å². The van der Waals surface area contributed by atoms with Gasteiger partial charge in [-0.25, -0.2) is 0 Å². The molecule has 3 heteroatoms. The average molecular weight is 273 g/mol. The van der Waals surface area contributed by atoms with Crippen molar-refractivity contribution in [3.63, 3.8) is 0 Å². The fourth-order valence-corrected chi connectivity index (χ4v) is 3.28. The summed E-state index contributed by atoms with van der Waals surface area (Å²) in [5.41, 5.74) is 0.777. The Morgan fingerprint density at radius 3 is 2.50 bits per heavy atom. The summed E-state index contributed by atoms with van der Waals surface area (Å²) in [5.74, 6) is 1.91. The van der Waals surface area contributed by atoms with Crippen molar-refractivity contribution in [2.75, 3.05) is 20.2 Å². The van der Waals surface area contributed by atoms with Crippen LogP contribution in [-0.2, 0) is 10.2 Å². The number of likely N-dealkylation sites (tertiary alicyclic amines) is 1. The van der Waals surface area contributed by atoms with Gasteiger partial charge in [0.2, 0.25) is 5.91 Å². The number of amides is 1. The molecule has 108 valence electrons. The van der Waals surface area contributed by atoms with Gasteiger partial charge in [0, 0.05) is 18.7 Å². The lowest BCUT2D eigenvalue weighted by Gasteiger charge is -2.33. The van der Waals surface area contributed by atoms with Gasteiger partial charge < -0.3 is 9.64 Å². The molecule has 1 aromatic carbocycles. The normalized spacial score (nSPS) is 21.6. The fourth-order valence-electron chi connectivity index (χ4n) is 3.28. The minimum absolute atomic E-state index is 0.298. The summed E-state index contributed by atoms with van der Waals surface area (Å²) in [6, 6.07) is 7.98. The molecular formula is C17H23NO2. The first-order chi connectivity index (χ1) is 9.67. The van der Waals surface area contributed by atoms with E-state index in [0.29, 0.717) is 5.91 Å². The van der Waals surface area contributed by atoms with Crippen molar-refractivity contribution in [1.82, 2.24) is 4.90 Å². The molecule has 2 fully saturated rings. The number of hydrogen-bond donors (Lipinski definition) is 0. The standard InChI is InChI=1S/C17H23NO2/c1-13-7-11-18(12-8-13)16(19)17(9-10-17)14-5-3-4-6-15(14)20-2/h3-6,13H,7-12H2,1-2H3. The largest absolute Gasteiger partial charge is 0.496 e. The summed E-state index contributed by atoms with van der Waals surface area (Å²) < 4.78 is 5.46. The van der Waals surface area contributed by atoms with Crippen molar-refractivity contribution in [2.45, 2.75) is 38.0 Å². The molecule has 2 aliphatic rings. The summed E-state index contributed by atoms with van der Waals surface area (Å²) in [6.45, 7) is 4.10. The lowest BCUT2D eigenvalue weighted by Crippen LogP contribution is -2.43. The molecule has 1 saturated carbocycles. The maximum Gasteiger partial charge on any atom is 0.233 e. The van der Waals surface area contributed by atoms with Crippen molar-refractivity contribution in [2.24, 2.45) is 5.92 Å². The van der Waals surface area contributed by atoms with Gasteiger partial charge in [-0.1, -0.05) is 25.1 Å². The molecule has 0 unspecified atom stereocenters. The van der Waals surface area contributed by atoms with Gasteiger partial charge in [0.25, 0.3) is 0 Å². The predicted molar refractivity (Wildman–Crippen MR) is 78.9 cm³/mol. The zero-order valence-corrected chi connectivity index (χ0v) is 12.4. The summed E-state index contributed by atoms with van der Waals surface area (Å²) >= 11 is 0. The Morgan fingerprint density at radius 1 is 1.25 bits per heavy atom. The quantitative estimate of drug-likeness (QED) is 0.847. The monoisotopic (exact) mass is 273 g/mol. The molecule has 0 N–H and O–H groups in total. The molecule has 1 aliphatic carbocycles. The number of hydrogen-bond acceptors (Lipinski definition) is 2. The van der Waals surface area contributed by atoms with Gasteiger partial charge >= 0.3 is 0 Å². The SMILES string of the molecule is COc1ccccc1C1(C(=O)N2CCC(C)CC2)CC1. The van der Waals surface area contributed by atoms with Crippen LogP contribution < -0.4 is 4.74 Å². The number of piperidine rings is 1. The first-order valence-corrected chi connectivity index (χ1v) is 7.60. The van der Waals surface area contributed by atoms with Crippen LogP contribution in [0.2, 0.25) is 0 Å². The van der Waals surface area contributed by atoms with E-state index >= 15 is 0 Å². The molecule has 0 bridgehead atoms.